The van der Waals surface area contributed by atoms with Crippen LogP contribution in [0.1, 0.15) is 31.9 Å². The van der Waals surface area contributed by atoms with Gasteiger partial charge in [-0.2, -0.15) is 0 Å². The van der Waals surface area contributed by atoms with Gasteiger partial charge in [-0.3, -0.25) is 4.57 Å². The van der Waals surface area contributed by atoms with Crippen molar-refractivity contribution in [2.24, 2.45) is 0 Å². The molecule has 0 radical (unpaired) electrons. The van der Waals surface area contributed by atoms with Crippen LogP contribution in [-0.2, 0) is 5.41 Å². The van der Waals surface area contributed by atoms with Gasteiger partial charge in [-0.1, -0.05) is 93.6 Å². The molecule has 52 heavy (non-hydrogen) atoms. The Morgan fingerprint density at radius 3 is 2.04 bits per heavy atom. The molecule has 2 aromatic heterocycles. The van der Waals surface area contributed by atoms with E-state index in [1.54, 1.807) is 0 Å². The summed E-state index contributed by atoms with van der Waals surface area (Å²) in [7, 11) is 0. The number of para-hydroxylation sites is 4. The summed E-state index contributed by atoms with van der Waals surface area (Å²) in [5, 5.41) is 2.35. The van der Waals surface area contributed by atoms with Gasteiger partial charge in [0.1, 0.15) is 24.0 Å². The van der Waals surface area contributed by atoms with Gasteiger partial charge >= 0.3 is 0 Å². The molecule has 10 rings (SSSR count). The molecule has 0 fully saturated rings. The first kappa shape index (κ1) is 30.5. The fourth-order valence-electron chi connectivity index (χ4n) is 8.06. The van der Waals surface area contributed by atoms with Crippen LogP contribution in [0, 0.1) is 6.92 Å². The van der Waals surface area contributed by atoms with Crippen LogP contribution < -0.4 is 14.5 Å². The Kier molecular flexibility index (Phi) is 6.65. The highest BCUT2D eigenvalue weighted by molar-refractivity contribution is 6.09. The predicted octanol–water partition coefficient (Wildman–Crippen LogP) is 12.5. The van der Waals surface area contributed by atoms with Crippen molar-refractivity contribution in [3.63, 3.8) is 0 Å². The zero-order chi connectivity index (χ0) is 35.1. The smallest absolute Gasteiger partial charge is 0.138 e. The first-order valence-corrected chi connectivity index (χ1v) is 18.0. The lowest BCUT2D eigenvalue weighted by Gasteiger charge is -2.26. The van der Waals surface area contributed by atoms with Crippen LogP contribution in [0.15, 0.2) is 146 Å². The average molecular weight is 675 g/mol. The predicted molar refractivity (Wildman–Crippen MR) is 215 cm³/mol. The molecule has 5 nitrogen and oxygen atoms in total. The summed E-state index contributed by atoms with van der Waals surface area (Å²) in [6, 6.07) is 52.4. The zero-order valence-corrected chi connectivity index (χ0v) is 29.8. The van der Waals surface area contributed by atoms with E-state index in [0.29, 0.717) is 6.67 Å². The molecule has 0 saturated heterocycles. The number of aryl methyl sites for hydroxylation is 1. The number of pyridine rings is 1. The number of nitrogens with zero attached hydrogens (tertiary/aromatic N) is 4. The second-order valence-corrected chi connectivity index (χ2v) is 15.0. The number of rotatable bonds is 0. The summed E-state index contributed by atoms with van der Waals surface area (Å²) in [4.78, 5) is 10.4. The molecule has 0 unspecified atom stereocenters. The third-order valence-corrected chi connectivity index (χ3v) is 10.6. The maximum atomic E-state index is 6.76. The van der Waals surface area contributed by atoms with Gasteiger partial charge < -0.3 is 14.5 Å². The molecule has 0 spiro atoms. The Bertz CT molecular complexity index is 2720. The van der Waals surface area contributed by atoms with E-state index in [-0.39, 0.29) is 5.41 Å². The number of hydrogen-bond acceptors (Lipinski definition) is 4. The van der Waals surface area contributed by atoms with Gasteiger partial charge in [0.2, 0.25) is 0 Å². The zero-order valence-electron chi connectivity index (χ0n) is 29.8. The van der Waals surface area contributed by atoms with E-state index in [2.05, 4.69) is 188 Å². The van der Waals surface area contributed by atoms with Crippen molar-refractivity contribution in [1.29, 1.82) is 0 Å². The first-order chi connectivity index (χ1) is 25.3. The number of ether oxygens (including phenoxy) is 1. The Morgan fingerprint density at radius 1 is 0.558 bits per heavy atom. The van der Waals surface area contributed by atoms with E-state index < -0.39 is 0 Å². The summed E-state index contributed by atoms with van der Waals surface area (Å²) < 4.78 is 9.07. The molecule has 0 atom stereocenters. The highest BCUT2D eigenvalue weighted by atomic mass is 16.5. The van der Waals surface area contributed by atoms with Crippen molar-refractivity contribution < 1.29 is 4.74 Å². The van der Waals surface area contributed by atoms with Gasteiger partial charge in [-0.15, -0.1) is 0 Å². The van der Waals surface area contributed by atoms with Gasteiger partial charge in [0.25, 0.3) is 0 Å². The van der Waals surface area contributed by atoms with E-state index in [0.717, 1.165) is 78.7 Å². The summed E-state index contributed by atoms with van der Waals surface area (Å²) in [5.74, 6) is 2.47. The molecule has 2 aliphatic rings. The number of hydrogen-bond donors (Lipinski definition) is 0. The minimum absolute atomic E-state index is 0.116. The largest absolute Gasteiger partial charge is 0.457 e. The normalized spacial score (nSPS) is 13.4. The SMILES string of the molecule is Cc1cc2cc(c1)N1CN(c3ccccc3-c3ccccc3-c3cc(C(C)(C)C)cc(n3)-n3c4ccccc4c4ccc(cc43)O2)c2ccccc21. The van der Waals surface area contributed by atoms with Crippen LogP contribution in [0.3, 0.4) is 0 Å². The number of anilines is 4. The van der Waals surface area contributed by atoms with E-state index in [9.17, 15) is 0 Å². The molecule has 0 N–H and O–H groups in total. The fraction of sp³-hybridized carbons (Fsp3) is 0.128. The molecule has 252 valence electrons. The van der Waals surface area contributed by atoms with Gasteiger partial charge in [0.05, 0.1) is 33.8 Å². The maximum Gasteiger partial charge on any atom is 0.138 e. The quantitative estimate of drug-likeness (QED) is 0.160. The van der Waals surface area contributed by atoms with Crippen LogP contribution in [0.5, 0.6) is 11.5 Å². The minimum atomic E-state index is -0.116. The summed E-state index contributed by atoms with van der Waals surface area (Å²) in [5.41, 5.74) is 13.3. The standard InChI is InChI=1S/C47H38N4O/c1-30-23-32-27-34(24-30)52-33-21-22-39-38-16-8-10-18-42(38)51(45(39)28-33)46-26-31(47(2,3)4)25-40(48-46)36-14-6-5-13-35(36)37-15-7-9-17-41(37)50-29-49(32)43-19-11-12-20-44(43)50/h5-28H,29H2,1-4H3. The second kappa shape index (κ2) is 11.3. The monoisotopic (exact) mass is 674 g/mol. The molecule has 0 aliphatic carbocycles. The van der Waals surface area contributed by atoms with E-state index in [4.69, 9.17) is 9.72 Å². The molecule has 2 aliphatic heterocycles. The van der Waals surface area contributed by atoms with Crippen LogP contribution in [-0.4, -0.2) is 16.2 Å². The van der Waals surface area contributed by atoms with Gasteiger partial charge in [-0.05, 0) is 89.7 Å². The maximum absolute atomic E-state index is 6.76. The molecule has 4 heterocycles. The van der Waals surface area contributed by atoms with Crippen LogP contribution in [0.4, 0.5) is 22.7 Å². The molecular formula is C47H38N4O. The molecule has 8 aromatic rings. The highest BCUT2D eigenvalue weighted by Crippen LogP contribution is 2.49. The summed E-state index contributed by atoms with van der Waals surface area (Å²) in [6.07, 6.45) is 0. The molecule has 5 heteroatoms. The Morgan fingerprint density at radius 2 is 1.23 bits per heavy atom. The van der Waals surface area contributed by atoms with E-state index in [1.165, 1.54) is 16.6 Å². The third-order valence-electron chi connectivity index (χ3n) is 10.6. The molecule has 6 aromatic carbocycles. The number of fused-ring (bicyclic) bond motifs is 20. The topological polar surface area (TPSA) is 33.5 Å². The Balaban J connectivity index is 1.32. The van der Waals surface area contributed by atoms with Crippen LogP contribution in [0.2, 0.25) is 0 Å². The lowest BCUT2D eigenvalue weighted by Crippen LogP contribution is -2.24. The Hall–Kier alpha value is -6.33. The van der Waals surface area contributed by atoms with Crippen molar-refractivity contribution in [1.82, 2.24) is 9.55 Å². The summed E-state index contributed by atoms with van der Waals surface area (Å²) >= 11 is 0. The first-order valence-electron chi connectivity index (χ1n) is 18.0. The molecule has 0 saturated carbocycles. The van der Waals surface area contributed by atoms with Gasteiger partial charge in [0, 0.05) is 39.7 Å². The van der Waals surface area contributed by atoms with Crippen molar-refractivity contribution in [3.05, 3.63) is 157 Å². The average Bonchev–Trinajstić information content (AvgIpc) is 3.70. The van der Waals surface area contributed by atoms with Gasteiger partial charge in [-0.25, -0.2) is 4.98 Å². The van der Waals surface area contributed by atoms with Crippen LogP contribution >= 0.6 is 0 Å². The highest BCUT2D eigenvalue weighted by Gasteiger charge is 2.30. The number of benzene rings is 6. The van der Waals surface area contributed by atoms with Gasteiger partial charge in [0.15, 0.2) is 0 Å². The molecule has 8 bridgehead atoms. The Labute approximate surface area is 304 Å². The lowest BCUT2D eigenvalue weighted by atomic mass is 9.86. The number of aromatic nitrogens is 2. The molecule has 0 amide bonds. The minimum Gasteiger partial charge on any atom is -0.457 e. The summed E-state index contributed by atoms with van der Waals surface area (Å²) in [6.45, 7) is 9.64. The fourth-order valence-corrected chi connectivity index (χ4v) is 8.06. The van der Waals surface area contributed by atoms with Crippen molar-refractivity contribution in [3.8, 4) is 39.7 Å². The van der Waals surface area contributed by atoms with E-state index in [1.807, 2.05) is 0 Å². The lowest BCUT2D eigenvalue weighted by molar-refractivity contribution is 0.483. The van der Waals surface area contributed by atoms with Crippen molar-refractivity contribution >= 4 is 44.6 Å². The van der Waals surface area contributed by atoms with Crippen LogP contribution in [0.25, 0.3) is 50.0 Å². The second-order valence-electron chi connectivity index (χ2n) is 15.0. The van der Waals surface area contributed by atoms with Crippen molar-refractivity contribution in [2.75, 3.05) is 16.5 Å². The third kappa shape index (κ3) is 4.80. The van der Waals surface area contributed by atoms with Crippen molar-refractivity contribution in [2.45, 2.75) is 33.1 Å². The molecular weight excluding hydrogens is 637 g/mol. The van der Waals surface area contributed by atoms with E-state index >= 15 is 0 Å².